The van der Waals surface area contributed by atoms with Gasteiger partial charge in [0.15, 0.2) is 5.75 Å². The van der Waals surface area contributed by atoms with E-state index in [9.17, 15) is 19.2 Å². The van der Waals surface area contributed by atoms with Crippen molar-refractivity contribution in [2.24, 2.45) is 5.41 Å². The lowest BCUT2D eigenvalue weighted by atomic mass is 9.97. The van der Waals surface area contributed by atoms with Crippen molar-refractivity contribution < 1.29 is 28.7 Å². The number of hydrogen-bond donors (Lipinski definition) is 1. The summed E-state index contributed by atoms with van der Waals surface area (Å²) in [5, 5.41) is 1.62. The number of likely N-dealkylation sites (tertiary alicyclic amines) is 1. The number of esters is 1. The van der Waals surface area contributed by atoms with Crippen LogP contribution in [0.2, 0.25) is 10.0 Å². The first-order chi connectivity index (χ1) is 21.0. The van der Waals surface area contributed by atoms with Gasteiger partial charge in [-0.15, -0.1) is 0 Å². The molecule has 1 saturated heterocycles. The standard InChI is InChI=1S/C33H38Cl2N4O6/c1-19-11-14-24(22(35)17-19)39(37-31(43)45-33(5,6)7)28(40)25-26(29(41)38-15-9-8-10-16-38)36-23-18-20(34)12-13-21(23)27(25)44-30(42)32(2,3)4/h11-14,17-18H,8-10,15-16H2,1-7H3,(H,37,43). The summed E-state index contributed by atoms with van der Waals surface area (Å²) in [5.41, 5.74) is 1.17. The van der Waals surface area contributed by atoms with Crippen LogP contribution in [0.25, 0.3) is 10.9 Å². The summed E-state index contributed by atoms with van der Waals surface area (Å²) >= 11 is 12.9. The number of halogens is 2. The molecule has 0 radical (unpaired) electrons. The first kappa shape index (κ1) is 34.0. The third kappa shape index (κ3) is 8.04. The van der Waals surface area contributed by atoms with E-state index in [1.54, 1.807) is 76.8 Å². The first-order valence-corrected chi connectivity index (χ1v) is 15.5. The van der Waals surface area contributed by atoms with E-state index >= 15 is 0 Å². The lowest BCUT2D eigenvalue weighted by Crippen LogP contribution is -2.49. The Morgan fingerprint density at radius 3 is 2.20 bits per heavy atom. The fraction of sp³-hybridized carbons (Fsp3) is 0.424. The van der Waals surface area contributed by atoms with Gasteiger partial charge in [-0.05, 0) is 104 Å². The van der Waals surface area contributed by atoms with Crippen LogP contribution in [0.15, 0.2) is 36.4 Å². The second-order valence-electron chi connectivity index (χ2n) is 13.0. The van der Waals surface area contributed by atoms with E-state index < -0.39 is 34.9 Å². The molecule has 1 N–H and O–H groups in total. The van der Waals surface area contributed by atoms with Crippen LogP contribution in [0, 0.1) is 12.3 Å². The zero-order chi connectivity index (χ0) is 33.3. The number of nitrogens with zero attached hydrogens (tertiary/aromatic N) is 3. The van der Waals surface area contributed by atoms with Crippen molar-refractivity contribution in [2.75, 3.05) is 18.1 Å². The maximum Gasteiger partial charge on any atom is 0.427 e. The van der Waals surface area contributed by atoms with Crippen LogP contribution in [0.5, 0.6) is 5.75 Å². The number of carbonyl (C=O) groups excluding carboxylic acids is 4. The zero-order valence-corrected chi connectivity index (χ0v) is 28.1. The normalized spacial score (nSPS) is 13.8. The van der Waals surface area contributed by atoms with Crippen molar-refractivity contribution in [2.45, 2.75) is 73.3 Å². The summed E-state index contributed by atoms with van der Waals surface area (Å²) in [6.07, 6.45) is 1.58. The fourth-order valence-corrected chi connectivity index (χ4v) is 5.16. The third-order valence-corrected chi connectivity index (χ3v) is 7.45. The predicted molar refractivity (Wildman–Crippen MR) is 174 cm³/mol. The van der Waals surface area contributed by atoms with E-state index in [1.807, 2.05) is 6.92 Å². The number of benzene rings is 2. The highest BCUT2D eigenvalue weighted by atomic mass is 35.5. The molecule has 0 atom stereocenters. The number of pyridine rings is 1. The molecule has 0 aliphatic carbocycles. The Bertz CT molecular complexity index is 1660. The predicted octanol–water partition coefficient (Wildman–Crippen LogP) is 7.51. The number of ether oxygens (including phenoxy) is 2. The van der Waals surface area contributed by atoms with Crippen molar-refractivity contribution in [1.82, 2.24) is 15.3 Å². The summed E-state index contributed by atoms with van der Waals surface area (Å²) in [6, 6.07) is 9.53. The van der Waals surface area contributed by atoms with Gasteiger partial charge in [0.2, 0.25) is 0 Å². The van der Waals surface area contributed by atoms with Crippen molar-refractivity contribution >= 4 is 63.7 Å². The number of fused-ring (bicyclic) bond motifs is 1. The Morgan fingerprint density at radius 1 is 0.933 bits per heavy atom. The molecule has 0 spiro atoms. The molecule has 45 heavy (non-hydrogen) atoms. The van der Waals surface area contributed by atoms with E-state index in [0.717, 1.165) is 29.8 Å². The number of hydrogen-bond acceptors (Lipinski definition) is 7. The second kappa shape index (κ2) is 13.2. The van der Waals surface area contributed by atoms with Gasteiger partial charge >= 0.3 is 12.1 Å². The van der Waals surface area contributed by atoms with Gasteiger partial charge in [0.1, 0.15) is 16.9 Å². The fourth-order valence-electron chi connectivity index (χ4n) is 4.68. The van der Waals surface area contributed by atoms with Crippen LogP contribution in [-0.4, -0.2) is 52.5 Å². The molecular weight excluding hydrogens is 619 g/mol. The molecule has 1 aromatic heterocycles. The molecule has 3 amide bonds. The van der Waals surface area contributed by atoms with Gasteiger partial charge in [-0.3, -0.25) is 14.4 Å². The van der Waals surface area contributed by atoms with Crippen LogP contribution in [-0.2, 0) is 9.53 Å². The van der Waals surface area contributed by atoms with Crippen LogP contribution < -0.4 is 15.2 Å². The Hall–Kier alpha value is -3.89. The smallest absolute Gasteiger partial charge is 0.427 e. The third-order valence-electron chi connectivity index (χ3n) is 6.92. The molecule has 1 fully saturated rings. The molecule has 1 aliphatic heterocycles. The monoisotopic (exact) mass is 656 g/mol. The maximum absolute atomic E-state index is 14.8. The number of aromatic nitrogens is 1. The average molecular weight is 658 g/mol. The first-order valence-electron chi connectivity index (χ1n) is 14.7. The van der Waals surface area contributed by atoms with Gasteiger partial charge in [-0.2, -0.15) is 0 Å². The molecule has 1 aliphatic rings. The summed E-state index contributed by atoms with van der Waals surface area (Å²) in [5.74, 6) is -2.30. The summed E-state index contributed by atoms with van der Waals surface area (Å²) in [4.78, 5) is 61.7. The molecule has 4 rings (SSSR count). The molecule has 3 aromatic rings. The van der Waals surface area contributed by atoms with Crippen molar-refractivity contribution in [3.05, 3.63) is 63.3 Å². The number of aryl methyl sites for hydroxylation is 1. The molecule has 2 heterocycles. The number of nitrogens with one attached hydrogen (secondary N) is 1. The summed E-state index contributed by atoms with van der Waals surface area (Å²) < 4.78 is 11.4. The van der Waals surface area contributed by atoms with Gasteiger partial charge in [-0.1, -0.05) is 29.3 Å². The lowest BCUT2D eigenvalue weighted by Gasteiger charge is -2.30. The Morgan fingerprint density at radius 2 is 1.60 bits per heavy atom. The van der Waals surface area contributed by atoms with Crippen LogP contribution in [0.3, 0.4) is 0 Å². The Labute approximate surface area is 272 Å². The number of hydrazine groups is 1. The molecule has 2 aromatic carbocycles. The summed E-state index contributed by atoms with van der Waals surface area (Å²) in [6.45, 7) is 12.8. The van der Waals surface area contributed by atoms with Gasteiger partial charge in [0.25, 0.3) is 11.8 Å². The van der Waals surface area contributed by atoms with Crippen LogP contribution >= 0.6 is 23.2 Å². The number of rotatable bonds is 4. The number of anilines is 1. The molecule has 0 unspecified atom stereocenters. The highest BCUT2D eigenvalue weighted by molar-refractivity contribution is 6.34. The minimum atomic E-state index is -0.978. The number of piperidine rings is 1. The van der Waals surface area contributed by atoms with Gasteiger partial charge in [-0.25, -0.2) is 20.2 Å². The van der Waals surface area contributed by atoms with Gasteiger partial charge < -0.3 is 14.4 Å². The van der Waals surface area contributed by atoms with E-state index in [2.05, 4.69) is 10.4 Å². The van der Waals surface area contributed by atoms with Gasteiger partial charge in [0.05, 0.1) is 21.6 Å². The molecule has 0 bridgehead atoms. The van der Waals surface area contributed by atoms with Gasteiger partial charge in [0, 0.05) is 23.5 Å². The molecule has 240 valence electrons. The number of carbonyl (C=O) groups is 4. The van der Waals surface area contributed by atoms with Crippen LogP contribution in [0.1, 0.15) is 87.2 Å². The molecule has 12 heteroatoms. The highest BCUT2D eigenvalue weighted by Gasteiger charge is 2.37. The highest BCUT2D eigenvalue weighted by Crippen LogP contribution is 2.37. The van der Waals surface area contributed by atoms with E-state index in [-0.39, 0.29) is 38.6 Å². The second-order valence-corrected chi connectivity index (χ2v) is 13.9. The van der Waals surface area contributed by atoms with E-state index in [4.69, 9.17) is 32.7 Å². The van der Waals surface area contributed by atoms with Crippen molar-refractivity contribution in [3.8, 4) is 5.75 Å². The Kier molecular flexibility index (Phi) is 9.99. The molecular formula is C33H38Cl2N4O6. The zero-order valence-electron chi connectivity index (χ0n) is 26.5. The maximum atomic E-state index is 14.8. The largest absolute Gasteiger partial charge is 0.443 e. The van der Waals surface area contributed by atoms with Crippen molar-refractivity contribution in [1.29, 1.82) is 0 Å². The lowest BCUT2D eigenvalue weighted by molar-refractivity contribution is -0.142. The van der Waals surface area contributed by atoms with E-state index in [0.29, 0.717) is 18.1 Å². The molecule has 10 nitrogen and oxygen atoms in total. The van der Waals surface area contributed by atoms with Crippen molar-refractivity contribution in [3.63, 3.8) is 0 Å². The number of amides is 3. The minimum absolute atomic E-state index is 0.0961. The topological polar surface area (TPSA) is 118 Å². The SMILES string of the molecule is Cc1ccc(N(NC(=O)OC(C)(C)C)C(=O)c2c(C(=O)N3CCCCC3)nc3cc(Cl)ccc3c2OC(=O)C(C)(C)C)c(Cl)c1. The Balaban J connectivity index is 2.02. The van der Waals surface area contributed by atoms with E-state index in [1.165, 1.54) is 6.07 Å². The van der Waals surface area contributed by atoms with Crippen LogP contribution in [0.4, 0.5) is 10.5 Å². The quantitative estimate of drug-likeness (QED) is 0.228. The minimum Gasteiger partial charge on any atom is -0.443 e. The molecule has 0 saturated carbocycles. The summed E-state index contributed by atoms with van der Waals surface area (Å²) in [7, 11) is 0. The average Bonchev–Trinajstić information content (AvgIpc) is 2.94.